The van der Waals surface area contributed by atoms with E-state index in [1.54, 1.807) is 0 Å². The largest absolute Gasteiger partial charge is 0.385 e. The lowest BCUT2D eigenvalue weighted by Crippen LogP contribution is -2.45. The molecule has 3 nitrogen and oxygen atoms in total. The van der Waals surface area contributed by atoms with Crippen molar-refractivity contribution in [3.05, 3.63) is 12.7 Å². The van der Waals surface area contributed by atoms with Crippen molar-refractivity contribution in [3.8, 4) is 0 Å². The Bertz CT molecular complexity index is 194. The van der Waals surface area contributed by atoms with Crippen molar-refractivity contribution >= 4 is 5.78 Å². The Morgan fingerprint density at radius 3 is 2.31 bits per heavy atom. The maximum atomic E-state index is 11.0. The molecule has 0 radical (unpaired) electrons. The highest BCUT2D eigenvalue weighted by atomic mass is 16.3. The van der Waals surface area contributed by atoms with Crippen molar-refractivity contribution in [3.63, 3.8) is 0 Å². The minimum Gasteiger partial charge on any atom is -0.385 e. The molecule has 0 fully saturated rings. The summed E-state index contributed by atoms with van der Waals surface area (Å²) in [5.74, 6) is -0.291. The molecule has 0 heterocycles. The predicted octanol–water partition coefficient (Wildman–Crippen LogP) is 0.587. The van der Waals surface area contributed by atoms with Crippen LogP contribution in [0.3, 0.4) is 0 Å². The first kappa shape index (κ1) is 12.3. The van der Waals surface area contributed by atoms with Gasteiger partial charge in [0, 0.05) is 6.42 Å². The molecule has 1 N–H and O–H groups in total. The first-order valence-corrected chi connectivity index (χ1v) is 4.44. The minimum absolute atomic E-state index is 0.249. The molecule has 0 aromatic heterocycles. The molecular formula is C10H20NO2+. The van der Waals surface area contributed by atoms with E-state index in [2.05, 4.69) is 6.58 Å². The van der Waals surface area contributed by atoms with Gasteiger partial charge in [0.15, 0.2) is 5.78 Å². The normalized spacial score (nSPS) is 16.4. The van der Waals surface area contributed by atoms with Gasteiger partial charge in [0.1, 0.15) is 6.10 Å². The third kappa shape index (κ3) is 4.20. The average molecular weight is 186 g/mol. The Kier molecular flexibility index (Phi) is 4.30. The number of carbonyl (C=O) groups excluding carboxylic acids is 1. The number of rotatable bonds is 5. The van der Waals surface area contributed by atoms with Crippen LogP contribution < -0.4 is 0 Å². The minimum atomic E-state index is -0.898. The van der Waals surface area contributed by atoms with E-state index in [0.29, 0.717) is 6.42 Å². The van der Waals surface area contributed by atoms with Gasteiger partial charge < -0.3 is 9.59 Å². The lowest BCUT2D eigenvalue weighted by atomic mass is 10.1. The Hall–Kier alpha value is -0.670. The number of quaternary nitrogens is 1. The number of aliphatic hydroxyl groups is 1. The van der Waals surface area contributed by atoms with Crippen LogP contribution in [0, 0.1) is 0 Å². The van der Waals surface area contributed by atoms with Crippen LogP contribution in [-0.2, 0) is 4.79 Å². The highest BCUT2D eigenvalue weighted by Crippen LogP contribution is 2.10. The van der Waals surface area contributed by atoms with Crippen LogP contribution >= 0.6 is 0 Å². The summed E-state index contributed by atoms with van der Waals surface area (Å²) < 4.78 is 0.738. The van der Waals surface area contributed by atoms with E-state index in [1.165, 1.54) is 6.08 Å². The highest BCUT2D eigenvalue weighted by Gasteiger charge is 2.24. The molecule has 0 aliphatic rings. The lowest BCUT2D eigenvalue weighted by Gasteiger charge is -2.32. The average Bonchev–Trinajstić information content (AvgIpc) is 2.01. The number of ketones is 1. The SMILES string of the molecule is C=CC(=O)C(O)CC(C)[N+](C)(C)C. The maximum Gasteiger partial charge on any atom is 0.183 e. The molecule has 3 heteroatoms. The van der Waals surface area contributed by atoms with Gasteiger partial charge in [0.2, 0.25) is 0 Å². The third-order valence-corrected chi connectivity index (χ3v) is 2.42. The number of nitrogens with zero attached hydrogens (tertiary/aromatic N) is 1. The monoisotopic (exact) mass is 186 g/mol. The molecule has 0 rings (SSSR count). The number of hydrogen-bond acceptors (Lipinski definition) is 2. The van der Waals surface area contributed by atoms with E-state index in [9.17, 15) is 9.90 Å². The molecule has 2 unspecified atom stereocenters. The van der Waals surface area contributed by atoms with Gasteiger partial charge in [-0.1, -0.05) is 6.58 Å². The van der Waals surface area contributed by atoms with Crippen molar-refractivity contribution in [2.45, 2.75) is 25.5 Å². The van der Waals surface area contributed by atoms with Crippen molar-refractivity contribution in [1.29, 1.82) is 0 Å². The van der Waals surface area contributed by atoms with Gasteiger partial charge in [0.05, 0.1) is 27.2 Å². The fourth-order valence-corrected chi connectivity index (χ4v) is 0.892. The number of aliphatic hydroxyl groups excluding tert-OH is 1. The summed E-state index contributed by atoms with van der Waals surface area (Å²) in [5, 5.41) is 9.42. The molecule has 0 aliphatic heterocycles. The second-order valence-corrected chi connectivity index (χ2v) is 4.32. The van der Waals surface area contributed by atoms with Crippen molar-refractivity contribution in [2.75, 3.05) is 21.1 Å². The summed E-state index contributed by atoms with van der Waals surface area (Å²) in [7, 11) is 6.11. The van der Waals surface area contributed by atoms with E-state index in [4.69, 9.17) is 0 Å². The van der Waals surface area contributed by atoms with Gasteiger partial charge >= 0.3 is 0 Å². The summed E-state index contributed by atoms with van der Waals surface area (Å²) in [6, 6.07) is 0.249. The first-order valence-electron chi connectivity index (χ1n) is 4.44. The first-order chi connectivity index (χ1) is 5.79. The van der Waals surface area contributed by atoms with E-state index < -0.39 is 6.10 Å². The number of hydrogen-bond donors (Lipinski definition) is 1. The van der Waals surface area contributed by atoms with Crippen molar-refractivity contribution < 1.29 is 14.4 Å². The van der Waals surface area contributed by atoms with Crippen LogP contribution in [0.2, 0.25) is 0 Å². The van der Waals surface area contributed by atoms with Gasteiger partial charge in [-0.15, -0.1) is 0 Å². The predicted molar refractivity (Wildman–Crippen MR) is 53.3 cm³/mol. The van der Waals surface area contributed by atoms with Gasteiger partial charge in [-0.05, 0) is 13.0 Å². The molecule has 76 valence electrons. The quantitative estimate of drug-likeness (QED) is 0.504. The molecular weight excluding hydrogens is 166 g/mol. The van der Waals surface area contributed by atoms with Crippen LogP contribution in [-0.4, -0.2) is 48.7 Å². The van der Waals surface area contributed by atoms with Crippen molar-refractivity contribution in [1.82, 2.24) is 0 Å². The van der Waals surface area contributed by atoms with Gasteiger partial charge in [-0.3, -0.25) is 4.79 Å². The fourth-order valence-electron chi connectivity index (χ4n) is 0.892. The summed E-state index contributed by atoms with van der Waals surface area (Å²) >= 11 is 0. The second kappa shape index (κ2) is 4.53. The van der Waals surface area contributed by atoms with Crippen LogP contribution in [0.4, 0.5) is 0 Å². The summed E-state index contributed by atoms with van der Waals surface area (Å²) in [6.45, 7) is 5.35. The standard InChI is InChI=1S/C10H20NO2/c1-6-9(12)10(13)7-8(2)11(3,4)5/h6,8,10,13H,1,7H2,2-5H3/q+1. The molecule has 0 aromatic rings. The maximum absolute atomic E-state index is 11.0. The number of carbonyl (C=O) groups is 1. The molecule has 0 saturated heterocycles. The van der Waals surface area contributed by atoms with Crippen LogP contribution in [0.25, 0.3) is 0 Å². The smallest absolute Gasteiger partial charge is 0.183 e. The van der Waals surface area contributed by atoms with Gasteiger partial charge in [0.25, 0.3) is 0 Å². The topological polar surface area (TPSA) is 37.3 Å². The zero-order valence-electron chi connectivity index (χ0n) is 8.95. The molecule has 0 aliphatic carbocycles. The summed E-state index contributed by atoms with van der Waals surface area (Å²) in [6.07, 6.45) is 0.756. The Labute approximate surface area is 80.3 Å². The molecule has 0 bridgehead atoms. The Morgan fingerprint density at radius 1 is 1.54 bits per heavy atom. The van der Waals surface area contributed by atoms with Crippen LogP contribution in [0.15, 0.2) is 12.7 Å². The molecule has 0 saturated carbocycles. The van der Waals surface area contributed by atoms with Crippen LogP contribution in [0.5, 0.6) is 0 Å². The zero-order valence-corrected chi connectivity index (χ0v) is 8.95. The van der Waals surface area contributed by atoms with E-state index in [-0.39, 0.29) is 11.8 Å². The van der Waals surface area contributed by atoms with E-state index in [1.807, 2.05) is 28.1 Å². The molecule has 0 aromatic carbocycles. The second-order valence-electron chi connectivity index (χ2n) is 4.32. The molecule has 0 amide bonds. The lowest BCUT2D eigenvalue weighted by molar-refractivity contribution is -0.894. The molecule has 2 atom stereocenters. The molecule has 0 spiro atoms. The van der Waals surface area contributed by atoms with E-state index in [0.717, 1.165) is 4.48 Å². The van der Waals surface area contributed by atoms with Gasteiger partial charge in [-0.25, -0.2) is 0 Å². The summed E-state index contributed by atoms with van der Waals surface area (Å²) in [5.41, 5.74) is 0. The van der Waals surface area contributed by atoms with E-state index >= 15 is 0 Å². The van der Waals surface area contributed by atoms with Gasteiger partial charge in [-0.2, -0.15) is 0 Å². The third-order valence-electron chi connectivity index (χ3n) is 2.42. The van der Waals surface area contributed by atoms with Crippen LogP contribution in [0.1, 0.15) is 13.3 Å². The Balaban J connectivity index is 4.14. The zero-order chi connectivity index (χ0) is 10.6. The fraction of sp³-hybridized carbons (Fsp3) is 0.700. The van der Waals surface area contributed by atoms with Crippen molar-refractivity contribution in [2.24, 2.45) is 0 Å². The summed E-state index contributed by atoms with van der Waals surface area (Å²) in [4.78, 5) is 11.0. The Morgan fingerprint density at radius 2 is 2.00 bits per heavy atom. The molecule has 13 heavy (non-hydrogen) atoms. The highest BCUT2D eigenvalue weighted by molar-refractivity contribution is 5.92.